The van der Waals surface area contributed by atoms with Gasteiger partial charge in [0.1, 0.15) is 5.84 Å². The van der Waals surface area contributed by atoms with E-state index in [1.54, 1.807) is 11.8 Å². The number of thioether (sulfide) groups is 1. The number of aliphatic imine (C=N–C) groups is 1. The van der Waals surface area contributed by atoms with Gasteiger partial charge in [-0.2, -0.15) is 0 Å². The van der Waals surface area contributed by atoms with E-state index in [-0.39, 0.29) is 0 Å². The molecule has 2 nitrogen and oxygen atoms in total. The zero-order chi connectivity index (χ0) is 18.0. The van der Waals surface area contributed by atoms with Crippen molar-refractivity contribution < 1.29 is 0 Å². The van der Waals surface area contributed by atoms with Crippen molar-refractivity contribution in [3.05, 3.63) is 108 Å². The Bertz CT molecular complexity index is 843. The average molecular weight is 359 g/mol. The fraction of sp³-hybridized carbons (Fsp3) is 0.0870. The number of hydrogen-bond acceptors (Lipinski definition) is 2. The van der Waals surface area contributed by atoms with Crippen LogP contribution in [0.3, 0.4) is 0 Å². The number of hydrogen-bond donors (Lipinski definition) is 0. The van der Waals surface area contributed by atoms with E-state index in [0.29, 0.717) is 0 Å². The molecule has 0 aliphatic rings. The van der Waals surface area contributed by atoms with Gasteiger partial charge in [0.05, 0.1) is 5.69 Å². The largest absolute Gasteiger partial charge is 0.355 e. The van der Waals surface area contributed by atoms with Gasteiger partial charge in [0.25, 0.3) is 0 Å². The van der Waals surface area contributed by atoms with Gasteiger partial charge in [-0.15, -0.1) is 0 Å². The Morgan fingerprint density at radius 3 is 2.08 bits per heavy atom. The normalized spacial score (nSPS) is 11.7. The Balaban J connectivity index is 1.78. The summed E-state index contributed by atoms with van der Waals surface area (Å²) in [5.74, 6) is 0.934. The molecule has 0 heterocycles. The van der Waals surface area contributed by atoms with E-state index < -0.39 is 0 Å². The molecular formula is C23H22N2S. The van der Waals surface area contributed by atoms with Crippen molar-refractivity contribution in [3.63, 3.8) is 0 Å². The minimum atomic E-state index is 0.812. The molecule has 3 aromatic rings. The van der Waals surface area contributed by atoms with Gasteiger partial charge < -0.3 is 4.90 Å². The lowest BCUT2D eigenvalue weighted by Crippen LogP contribution is -2.24. The van der Waals surface area contributed by atoms with Crippen molar-refractivity contribution in [2.24, 2.45) is 4.99 Å². The first-order valence-electron chi connectivity index (χ1n) is 8.58. The van der Waals surface area contributed by atoms with Gasteiger partial charge in [-0.25, -0.2) is 4.99 Å². The quantitative estimate of drug-likeness (QED) is 0.298. The Labute approximate surface area is 159 Å². The highest BCUT2D eigenvalue weighted by Crippen LogP contribution is 2.19. The van der Waals surface area contributed by atoms with E-state index in [4.69, 9.17) is 4.99 Å². The molecule has 0 radical (unpaired) electrons. The molecule has 0 atom stereocenters. The van der Waals surface area contributed by atoms with Crippen LogP contribution in [0.25, 0.3) is 0 Å². The molecule has 130 valence electrons. The maximum atomic E-state index is 4.83. The minimum absolute atomic E-state index is 0.812. The van der Waals surface area contributed by atoms with Crippen molar-refractivity contribution in [1.29, 1.82) is 0 Å². The number of amidine groups is 1. The van der Waals surface area contributed by atoms with Gasteiger partial charge >= 0.3 is 0 Å². The van der Waals surface area contributed by atoms with Gasteiger partial charge in [-0.05, 0) is 41.3 Å². The summed E-state index contributed by atoms with van der Waals surface area (Å²) in [7, 11) is 2.08. The van der Waals surface area contributed by atoms with Crippen LogP contribution in [0, 0.1) is 0 Å². The lowest BCUT2D eigenvalue weighted by Gasteiger charge is -2.19. The van der Waals surface area contributed by atoms with Crippen LogP contribution in [0.1, 0.15) is 5.56 Å². The smallest absolute Gasteiger partial charge is 0.129 e. The summed E-state index contributed by atoms with van der Waals surface area (Å²) < 4.78 is 0. The van der Waals surface area contributed by atoms with Crippen LogP contribution in [-0.4, -0.2) is 17.8 Å². The van der Waals surface area contributed by atoms with Gasteiger partial charge in [-0.3, -0.25) is 0 Å². The first kappa shape index (κ1) is 18.0. The molecular weight excluding hydrogens is 336 g/mol. The van der Waals surface area contributed by atoms with E-state index in [9.17, 15) is 0 Å². The summed E-state index contributed by atoms with van der Waals surface area (Å²) in [6, 6.07) is 30.9. The van der Waals surface area contributed by atoms with Crippen molar-refractivity contribution in [3.8, 4) is 0 Å². The zero-order valence-electron chi connectivity index (χ0n) is 14.8. The summed E-state index contributed by atoms with van der Waals surface area (Å²) in [6.07, 6.45) is 2.08. The van der Waals surface area contributed by atoms with E-state index in [0.717, 1.165) is 18.1 Å². The highest BCUT2D eigenvalue weighted by molar-refractivity contribution is 8.02. The second-order valence-electron chi connectivity index (χ2n) is 5.88. The van der Waals surface area contributed by atoms with E-state index in [2.05, 4.69) is 72.0 Å². The lowest BCUT2D eigenvalue weighted by molar-refractivity contribution is 0.503. The summed E-state index contributed by atoms with van der Waals surface area (Å²) in [5, 5.41) is 2.10. The highest BCUT2D eigenvalue weighted by atomic mass is 32.2. The second kappa shape index (κ2) is 9.64. The summed E-state index contributed by atoms with van der Waals surface area (Å²) in [4.78, 5) is 8.22. The molecule has 3 heteroatoms. The first-order valence-corrected chi connectivity index (χ1v) is 9.46. The molecule has 0 N–H and O–H groups in total. The molecule has 0 aromatic heterocycles. The Morgan fingerprint density at radius 2 is 1.42 bits per heavy atom. The summed E-state index contributed by atoms with van der Waals surface area (Å²) in [6.45, 7) is 0.812. The molecule has 0 aliphatic carbocycles. The van der Waals surface area contributed by atoms with Crippen molar-refractivity contribution >= 4 is 23.3 Å². The van der Waals surface area contributed by atoms with Crippen molar-refractivity contribution in [2.75, 3.05) is 7.05 Å². The van der Waals surface area contributed by atoms with Crippen LogP contribution in [0.4, 0.5) is 5.69 Å². The maximum absolute atomic E-state index is 4.83. The Kier molecular flexibility index (Phi) is 6.68. The third-order valence-corrected chi connectivity index (χ3v) is 4.63. The minimum Gasteiger partial charge on any atom is -0.355 e. The standard InChI is InChI=1S/C23H22N2S/c1-25(19-20-11-5-2-6-12-20)23(24-21-13-7-3-8-14-21)17-18-26-22-15-9-4-10-16-22/h2-18H,19H2,1H3/b18-17+,24-23+. The second-order valence-corrected chi connectivity index (χ2v) is 6.86. The molecule has 0 bridgehead atoms. The molecule has 0 fully saturated rings. The topological polar surface area (TPSA) is 15.6 Å². The molecule has 26 heavy (non-hydrogen) atoms. The molecule has 3 rings (SSSR count). The van der Waals surface area contributed by atoms with Crippen LogP contribution < -0.4 is 0 Å². The summed E-state index contributed by atoms with van der Waals surface area (Å²) in [5.41, 5.74) is 2.22. The Hall–Kier alpha value is -2.78. The van der Waals surface area contributed by atoms with Crippen molar-refractivity contribution in [2.45, 2.75) is 11.4 Å². The monoisotopic (exact) mass is 358 g/mol. The third-order valence-electron chi connectivity index (χ3n) is 3.82. The summed E-state index contributed by atoms with van der Waals surface area (Å²) >= 11 is 1.69. The van der Waals surface area contributed by atoms with E-state index >= 15 is 0 Å². The van der Waals surface area contributed by atoms with Crippen LogP contribution in [0.2, 0.25) is 0 Å². The van der Waals surface area contributed by atoms with Crippen LogP contribution in [0.5, 0.6) is 0 Å². The van der Waals surface area contributed by atoms with Gasteiger partial charge in [0.15, 0.2) is 0 Å². The maximum Gasteiger partial charge on any atom is 0.129 e. The van der Waals surface area contributed by atoms with Crippen molar-refractivity contribution in [1.82, 2.24) is 4.90 Å². The SMILES string of the molecule is CN(Cc1ccccc1)C(/C=C/Sc1ccccc1)=N/c1ccccc1. The fourth-order valence-corrected chi connectivity index (χ4v) is 3.16. The fourth-order valence-electron chi connectivity index (χ4n) is 2.50. The lowest BCUT2D eigenvalue weighted by atomic mass is 10.2. The number of rotatable bonds is 6. The first-order chi connectivity index (χ1) is 12.8. The predicted molar refractivity (Wildman–Crippen MR) is 113 cm³/mol. The van der Waals surface area contributed by atoms with Gasteiger partial charge in [-0.1, -0.05) is 78.5 Å². The Morgan fingerprint density at radius 1 is 0.846 bits per heavy atom. The van der Waals surface area contributed by atoms with Crippen LogP contribution >= 0.6 is 11.8 Å². The van der Waals surface area contributed by atoms with E-state index in [1.807, 2.05) is 42.5 Å². The molecule has 0 saturated carbocycles. The van der Waals surface area contributed by atoms with Crippen LogP contribution in [-0.2, 0) is 6.54 Å². The number of likely N-dealkylation sites (N-methyl/N-ethyl adjacent to an activating group) is 1. The molecule has 0 saturated heterocycles. The molecule has 0 amide bonds. The molecule has 0 aliphatic heterocycles. The number of para-hydroxylation sites is 1. The molecule has 0 unspecified atom stereocenters. The number of nitrogens with zero attached hydrogens (tertiary/aromatic N) is 2. The highest BCUT2D eigenvalue weighted by Gasteiger charge is 2.05. The average Bonchev–Trinajstić information content (AvgIpc) is 2.69. The number of benzene rings is 3. The van der Waals surface area contributed by atoms with Gasteiger partial charge in [0.2, 0.25) is 0 Å². The molecule has 0 spiro atoms. The predicted octanol–water partition coefficient (Wildman–Crippen LogP) is 6.15. The van der Waals surface area contributed by atoms with Gasteiger partial charge in [0, 0.05) is 18.5 Å². The van der Waals surface area contributed by atoms with E-state index in [1.165, 1.54) is 10.5 Å². The molecule has 3 aromatic carbocycles. The van der Waals surface area contributed by atoms with Crippen LogP contribution in [0.15, 0.2) is 112 Å². The zero-order valence-corrected chi connectivity index (χ0v) is 15.6. The third kappa shape index (κ3) is 5.64.